The highest BCUT2D eigenvalue weighted by molar-refractivity contribution is 5.93. The third-order valence-electron chi connectivity index (χ3n) is 4.27. The molecule has 0 spiro atoms. The lowest BCUT2D eigenvalue weighted by molar-refractivity contribution is -0.119. The van der Waals surface area contributed by atoms with Crippen LogP contribution in [0.25, 0.3) is 11.3 Å². The maximum Gasteiger partial charge on any atom is 0.267 e. The number of aryl methyl sites for hydroxylation is 1. The zero-order valence-electron chi connectivity index (χ0n) is 14.8. The highest BCUT2D eigenvalue weighted by atomic mass is 16.2. The predicted octanol–water partition coefficient (Wildman–Crippen LogP) is 3.67. The maximum absolute atomic E-state index is 12.6. The van der Waals surface area contributed by atoms with Gasteiger partial charge in [0.1, 0.15) is 6.04 Å². The van der Waals surface area contributed by atoms with Crippen LogP contribution in [-0.4, -0.2) is 15.7 Å². The molecule has 1 unspecified atom stereocenters. The van der Waals surface area contributed by atoms with Crippen molar-refractivity contribution in [2.75, 3.05) is 5.32 Å². The number of aromatic nitrogens is 2. The molecule has 5 heteroatoms. The Morgan fingerprint density at radius 2 is 1.73 bits per heavy atom. The molecule has 26 heavy (non-hydrogen) atoms. The lowest BCUT2D eigenvalue weighted by Gasteiger charge is -2.15. The van der Waals surface area contributed by atoms with Crippen molar-refractivity contribution in [3.05, 3.63) is 82.6 Å². The molecule has 1 aromatic heterocycles. The Labute approximate surface area is 152 Å². The van der Waals surface area contributed by atoms with E-state index < -0.39 is 6.04 Å². The number of carbonyl (C=O) groups excluding carboxylic acids is 1. The van der Waals surface area contributed by atoms with Crippen LogP contribution >= 0.6 is 0 Å². The van der Waals surface area contributed by atoms with Gasteiger partial charge in [-0.05, 0) is 37.1 Å². The number of carbonyl (C=O) groups is 1. The molecule has 0 aliphatic heterocycles. The van der Waals surface area contributed by atoms with Gasteiger partial charge in [-0.3, -0.25) is 9.59 Å². The van der Waals surface area contributed by atoms with E-state index >= 15 is 0 Å². The van der Waals surface area contributed by atoms with Crippen LogP contribution in [0.1, 0.15) is 25.5 Å². The second kappa shape index (κ2) is 7.78. The third kappa shape index (κ3) is 3.88. The molecular weight excluding hydrogens is 326 g/mol. The van der Waals surface area contributed by atoms with E-state index in [0.29, 0.717) is 11.4 Å². The van der Waals surface area contributed by atoms with Gasteiger partial charge < -0.3 is 5.32 Å². The minimum atomic E-state index is -0.725. The van der Waals surface area contributed by atoms with Gasteiger partial charge in [-0.2, -0.15) is 5.10 Å². The van der Waals surface area contributed by atoms with Crippen LogP contribution in [-0.2, 0) is 11.2 Å². The molecule has 0 bridgehead atoms. The number of nitrogens with one attached hydrogen (secondary N) is 1. The van der Waals surface area contributed by atoms with Crippen molar-refractivity contribution in [2.24, 2.45) is 0 Å². The average Bonchev–Trinajstić information content (AvgIpc) is 2.69. The van der Waals surface area contributed by atoms with Gasteiger partial charge in [0, 0.05) is 17.3 Å². The first kappa shape index (κ1) is 17.6. The fraction of sp³-hybridized carbons (Fsp3) is 0.190. The van der Waals surface area contributed by atoms with E-state index in [1.54, 1.807) is 13.0 Å². The van der Waals surface area contributed by atoms with Crippen LogP contribution in [0, 0.1) is 0 Å². The van der Waals surface area contributed by atoms with Gasteiger partial charge in [0.15, 0.2) is 0 Å². The molecule has 1 atom stereocenters. The molecule has 0 saturated heterocycles. The molecule has 3 aromatic rings. The second-order valence-corrected chi connectivity index (χ2v) is 6.08. The topological polar surface area (TPSA) is 64.0 Å². The van der Waals surface area contributed by atoms with Crippen LogP contribution in [0.4, 0.5) is 5.69 Å². The van der Waals surface area contributed by atoms with Crippen LogP contribution < -0.4 is 10.9 Å². The van der Waals surface area contributed by atoms with Crippen molar-refractivity contribution >= 4 is 11.6 Å². The largest absolute Gasteiger partial charge is 0.324 e. The highest BCUT2D eigenvalue weighted by Gasteiger charge is 2.18. The summed E-state index contributed by atoms with van der Waals surface area (Å²) in [7, 11) is 0. The lowest BCUT2D eigenvalue weighted by Crippen LogP contribution is -2.33. The molecule has 132 valence electrons. The Morgan fingerprint density at radius 3 is 2.38 bits per heavy atom. The van der Waals surface area contributed by atoms with Gasteiger partial charge in [-0.15, -0.1) is 0 Å². The minimum absolute atomic E-state index is 0.283. The molecule has 0 saturated carbocycles. The molecule has 3 rings (SSSR count). The molecule has 0 radical (unpaired) electrons. The third-order valence-corrected chi connectivity index (χ3v) is 4.27. The number of nitrogens with zero attached hydrogens (tertiary/aromatic N) is 2. The quantitative estimate of drug-likeness (QED) is 0.766. The number of amides is 1. The van der Waals surface area contributed by atoms with Gasteiger partial charge in [-0.25, -0.2) is 4.68 Å². The van der Waals surface area contributed by atoms with Crippen molar-refractivity contribution in [3.8, 4) is 11.3 Å². The number of hydrogen-bond donors (Lipinski definition) is 1. The standard InChI is InChI=1S/C21H21N3O2/c1-3-16-9-11-18(12-10-16)22-21(26)15(2)24-20(25)14-13-19(23-24)17-7-5-4-6-8-17/h4-15H,3H2,1-2H3,(H,22,26). The van der Waals surface area contributed by atoms with E-state index in [1.165, 1.54) is 16.3 Å². The molecule has 0 aliphatic rings. The highest BCUT2D eigenvalue weighted by Crippen LogP contribution is 2.16. The number of rotatable bonds is 5. The molecule has 0 aliphatic carbocycles. The predicted molar refractivity (Wildman–Crippen MR) is 103 cm³/mol. The summed E-state index contributed by atoms with van der Waals surface area (Å²) >= 11 is 0. The smallest absolute Gasteiger partial charge is 0.267 e. The minimum Gasteiger partial charge on any atom is -0.324 e. The van der Waals surface area contributed by atoms with Crippen molar-refractivity contribution in [2.45, 2.75) is 26.3 Å². The Hall–Kier alpha value is -3.21. The second-order valence-electron chi connectivity index (χ2n) is 6.08. The summed E-state index contributed by atoms with van der Waals surface area (Å²) in [4.78, 5) is 24.8. The Morgan fingerprint density at radius 1 is 1.04 bits per heavy atom. The van der Waals surface area contributed by atoms with Gasteiger partial charge in [-0.1, -0.05) is 49.4 Å². The summed E-state index contributed by atoms with van der Waals surface area (Å²) in [5, 5.41) is 7.22. The number of benzene rings is 2. The molecule has 0 fully saturated rings. The Bertz CT molecular complexity index is 947. The first-order valence-electron chi connectivity index (χ1n) is 8.63. The van der Waals surface area contributed by atoms with E-state index in [-0.39, 0.29) is 11.5 Å². The van der Waals surface area contributed by atoms with Crippen LogP contribution in [0.2, 0.25) is 0 Å². The van der Waals surface area contributed by atoms with Crippen LogP contribution in [0.15, 0.2) is 71.5 Å². The summed E-state index contributed by atoms with van der Waals surface area (Å²) in [5.41, 5.74) is 3.13. The summed E-state index contributed by atoms with van der Waals surface area (Å²) in [5.74, 6) is -0.283. The Kier molecular flexibility index (Phi) is 5.27. The zero-order chi connectivity index (χ0) is 18.5. The summed E-state index contributed by atoms with van der Waals surface area (Å²) < 4.78 is 1.22. The average molecular weight is 347 g/mol. The first-order chi connectivity index (χ1) is 12.6. The molecule has 5 nitrogen and oxygen atoms in total. The van der Waals surface area contributed by atoms with E-state index in [2.05, 4.69) is 17.3 Å². The molecule has 1 heterocycles. The maximum atomic E-state index is 12.6. The Balaban J connectivity index is 1.83. The van der Waals surface area contributed by atoms with E-state index in [0.717, 1.165) is 12.0 Å². The van der Waals surface area contributed by atoms with Crippen molar-refractivity contribution in [1.82, 2.24) is 9.78 Å². The van der Waals surface area contributed by atoms with Gasteiger partial charge in [0.2, 0.25) is 5.91 Å². The van der Waals surface area contributed by atoms with E-state index in [4.69, 9.17) is 0 Å². The van der Waals surface area contributed by atoms with Crippen LogP contribution in [0.3, 0.4) is 0 Å². The fourth-order valence-electron chi connectivity index (χ4n) is 2.65. The number of hydrogen-bond acceptors (Lipinski definition) is 3. The summed E-state index contributed by atoms with van der Waals surface area (Å²) in [6.45, 7) is 3.74. The summed E-state index contributed by atoms with van der Waals surface area (Å²) in [6, 6.07) is 19.6. The van der Waals surface area contributed by atoms with E-state index in [9.17, 15) is 9.59 Å². The molecule has 2 aromatic carbocycles. The zero-order valence-corrected chi connectivity index (χ0v) is 14.8. The van der Waals surface area contributed by atoms with Gasteiger partial charge in [0.25, 0.3) is 5.56 Å². The monoisotopic (exact) mass is 347 g/mol. The normalized spacial score (nSPS) is 11.8. The lowest BCUT2D eigenvalue weighted by atomic mass is 10.1. The van der Waals surface area contributed by atoms with Crippen molar-refractivity contribution in [1.29, 1.82) is 0 Å². The van der Waals surface area contributed by atoms with Crippen molar-refractivity contribution in [3.63, 3.8) is 0 Å². The number of anilines is 1. The van der Waals surface area contributed by atoms with E-state index in [1.807, 2.05) is 54.6 Å². The van der Waals surface area contributed by atoms with Crippen LogP contribution in [0.5, 0.6) is 0 Å². The first-order valence-corrected chi connectivity index (χ1v) is 8.63. The molecular formula is C21H21N3O2. The molecule has 1 N–H and O–H groups in total. The molecule has 1 amide bonds. The summed E-state index contributed by atoms with van der Waals surface area (Å²) in [6.07, 6.45) is 0.941. The van der Waals surface area contributed by atoms with Gasteiger partial charge >= 0.3 is 0 Å². The SMILES string of the molecule is CCc1ccc(NC(=O)C(C)n2nc(-c3ccccc3)ccc2=O)cc1. The fourth-order valence-corrected chi connectivity index (χ4v) is 2.65. The van der Waals surface area contributed by atoms with Gasteiger partial charge in [0.05, 0.1) is 5.69 Å². The van der Waals surface area contributed by atoms with Crippen molar-refractivity contribution < 1.29 is 4.79 Å².